The topological polar surface area (TPSA) is 49.2 Å². The second kappa shape index (κ2) is 5.12. The van der Waals surface area contributed by atoms with Crippen molar-refractivity contribution in [1.29, 1.82) is 0 Å². The smallest absolute Gasteiger partial charge is 0.134 e. The summed E-state index contributed by atoms with van der Waals surface area (Å²) in [6.07, 6.45) is 1.84. The van der Waals surface area contributed by atoms with Gasteiger partial charge in [-0.05, 0) is 13.3 Å². The van der Waals surface area contributed by atoms with E-state index in [4.69, 9.17) is 16.7 Å². The molecule has 0 fully saturated rings. The normalized spacial score (nSPS) is 12.6. The van der Waals surface area contributed by atoms with Gasteiger partial charge in [-0.1, -0.05) is 11.6 Å². The Morgan fingerprint density at radius 2 is 2.29 bits per heavy atom. The molecule has 1 N–H and O–H groups in total. The SMILES string of the molecule is CC(O)CCN(C)c1cc(Cl)ncn1. The van der Waals surface area contributed by atoms with Crippen LogP contribution in [0, 0.1) is 0 Å². The van der Waals surface area contributed by atoms with E-state index in [1.807, 2.05) is 11.9 Å². The lowest BCUT2D eigenvalue weighted by Gasteiger charge is -2.18. The molecule has 14 heavy (non-hydrogen) atoms. The van der Waals surface area contributed by atoms with Crippen LogP contribution in [0.3, 0.4) is 0 Å². The number of halogens is 1. The third kappa shape index (κ3) is 3.47. The highest BCUT2D eigenvalue weighted by molar-refractivity contribution is 6.29. The molecule has 5 heteroatoms. The van der Waals surface area contributed by atoms with Crippen molar-refractivity contribution >= 4 is 17.4 Å². The van der Waals surface area contributed by atoms with Gasteiger partial charge in [-0.15, -0.1) is 0 Å². The number of anilines is 1. The maximum Gasteiger partial charge on any atom is 0.134 e. The van der Waals surface area contributed by atoms with Crippen LogP contribution in [0.5, 0.6) is 0 Å². The Balaban J connectivity index is 2.56. The summed E-state index contributed by atoms with van der Waals surface area (Å²) in [5.74, 6) is 0.769. The molecule has 0 saturated heterocycles. The van der Waals surface area contributed by atoms with E-state index < -0.39 is 0 Å². The molecule has 0 aromatic carbocycles. The van der Waals surface area contributed by atoms with E-state index in [1.54, 1.807) is 13.0 Å². The summed E-state index contributed by atoms with van der Waals surface area (Å²) in [5, 5.41) is 9.55. The highest BCUT2D eigenvalue weighted by atomic mass is 35.5. The molecule has 0 aliphatic carbocycles. The molecule has 1 aromatic heterocycles. The molecular formula is C9H14ClN3O. The molecular weight excluding hydrogens is 202 g/mol. The molecule has 78 valence electrons. The summed E-state index contributed by atoms with van der Waals surface area (Å²) in [4.78, 5) is 9.79. The Hall–Kier alpha value is -0.870. The largest absolute Gasteiger partial charge is 0.393 e. The van der Waals surface area contributed by atoms with Gasteiger partial charge in [0.15, 0.2) is 0 Å². The summed E-state index contributed by atoms with van der Waals surface area (Å²) >= 11 is 5.72. The molecule has 1 heterocycles. The van der Waals surface area contributed by atoms with Gasteiger partial charge in [-0.3, -0.25) is 0 Å². The summed E-state index contributed by atoms with van der Waals surface area (Å²) in [5.41, 5.74) is 0. The van der Waals surface area contributed by atoms with Crippen LogP contribution in [0.25, 0.3) is 0 Å². The van der Waals surface area contributed by atoms with Gasteiger partial charge >= 0.3 is 0 Å². The quantitative estimate of drug-likeness (QED) is 0.771. The van der Waals surface area contributed by atoms with E-state index in [1.165, 1.54) is 6.33 Å². The van der Waals surface area contributed by atoms with Crippen LogP contribution in [0.4, 0.5) is 5.82 Å². The lowest BCUT2D eigenvalue weighted by atomic mass is 10.3. The van der Waals surface area contributed by atoms with Gasteiger partial charge < -0.3 is 10.0 Å². The Morgan fingerprint density at radius 1 is 1.57 bits per heavy atom. The number of aliphatic hydroxyl groups is 1. The fourth-order valence-corrected chi connectivity index (χ4v) is 1.17. The van der Waals surface area contributed by atoms with Crippen LogP contribution in [-0.2, 0) is 0 Å². The first kappa shape index (κ1) is 11.2. The molecule has 1 rings (SSSR count). The lowest BCUT2D eigenvalue weighted by molar-refractivity contribution is 0.187. The zero-order valence-corrected chi connectivity index (χ0v) is 9.07. The molecule has 1 atom stereocenters. The van der Waals surface area contributed by atoms with E-state index in [9.17, 15) is 0 Å². The predicted molar refractivity (Wildman–Crippen MR) is 56.6 cm³/mol. The second-order valence-corrected chi connectivity index (χ2v) is 3.65. The molecule has 0 radical (unpaired) electrons. The van der Waals surface area contributed by atoms with E-state index >= 15 is 0 Å². The van der Waals surface area contributed by atoms with Crippen molar-refractivity contribution in [1.82, 2.24) is 9.97 Å². The van der Waals surface area contributed by atoms with E-state index in [-0.39, 0.29) is 6.10 Å². The molecule has 1 aromatic rings. The monoisotopic (exact) mass is 215 g/mol. The molecule has 0 amide bonds. The third-order valence-corrected chi connectivity index (χ3v) is 2.10. The summed E-state index contributed by atoms with van der Waals surface area (Å²) in [6.45, 7) is 2.51. The van der Waals surface area contributed by atoms with Crippen molar-refractivity contribution in [3.05, 3.63) is 17.5 Å². The van der Waals surface area contributed by atoms with Crippen molar-refractivity contribution in [2.24, 2.45) is 0 Å². The first-order valence-electron chi connectivity index (χ1n) is 4.46. The van der Waals surface area contributed by atoms with Crippen molar-refractivity contribution < 1.29 is 5.11 Å². The predicted octanol–water partition coefficient (Wildman–Crippen LogP) is 1.34. The molecule has 0 bridgehead atoms. The molecule has 4 nitrogen and oxygen atoms in total. The van der Waals surface area contributed by atoms with Crippen LogP contribution in [0.1, 0.15) is 13.3 Å². The van der Waals surface area contributed by atoms with E-state index in [0.717, 1.165) is 12.4 Å². The third-order valence-electron chi connectivity index (χ3n) is 1.89. The number of hydrogen-bond acceptors (Lipinski definition) is 4. The summed E-state index contributed by atoms with van der Waals surface area (Å²) in [6, 6.07) is 1.70. The zero-order valence-electron chi connectivity index (χ0n) is 8.31. The van der Waals surface area contributed by atoms with E-state index in [2.05, 4.69) is 9.97 Å². The van der Waals surface area contributed by atoms with Gasteiger partial charge in [0.2, 0.25) is 0 Å². The highest BCUT2D eigenvalue weighted by Gasteiger charge is 2.04. The Labute approximate surface area is 88.6 Å². The first-order chi connectivity index (χ1) is 6.59. The van der Waals surface area contributed by atoms with Crippen LogP contribution in [0.2, 0.25) is 5.15 Å². The average molecular weight is 216 g/mol. The Bertz CT molecular complexity index is 293. The van der Waals surface area contributed by atoms with Crippen molar-refractivity contribution in [3.8, 4) is 0 Å². The number of nitrogens with zero attached hydrogens (tertiary/aromatic N) is 3. The van der Waals surface area contributed by atoms with Crippen LogP contribution in [-0.4, -0.2) is 34.8 Å². The summed E-state index contributed by atoms with van der Waals surface area (Å²) < 4.78 is 0. The minimum absolute atomic E-state index is 0.297. The number of aromatic nitrogens is 2. The maximum absolute atomic E-state index is 9.12. The minimum atomic E-state index is -0.297. The fourth-order valence-electron chi connectivity index (χ4n) is 1.03. The van der Waals surface area contributed by atoms with Crippen LogP contribution in [0.15, 0.2) is 12.4 Å². The van der Waals surface area contributed by atoms with Crippen LogP contribution >= 0.6 is 11.6 Å². The van der Waals surface area contributed by atoms with Gasteiger partial charge in [-0.2, -0.15) is 0 Å². The molecule has 0 spiro atoms. The van der Waals surface area contributed by atoms with Gasteiger partial charge in [-0.25, -0.2) is 9.97 Å². The fraction of sp³-hybridized carbons (Fsp3) is 0.556. The standard InChI is InChI=1S/C9H14ClN3O/c1-7(14)3-4-13(2)9-5-8(10)11-6-12-9/h5-7,14H,3-4H2,1-2H3. The molecule has 0 saturated carbocycles. The number of aliphatic hydroxyl groups excluding tert-OH is 1. The average Bonchev–Trinajstić information content (AvgIpc) is 2.14. The van der Waals surface area contributed by atoms with E-state index in [0.29, 0.717) is 11.6 Å². The molecule has 0 aliphatic rings. The van der Waals surface area contributed by atoms with Gasteiger partial charge in [0.1, 0.15) is 17.3 Å². The van der Waals surface area contributed by atoms with Crippen molar-refractivity contribution in [2.45, 2.75) is 19.4 Å². The zero-order chi connectivity index (χ0) is 10.6. The minimum Gasteiger partial charge on any atom is -0.393 e. The Kier molecular flexibility index (Phi) is 4.10. The first-order valence-corrected chi connectivity index (χ1v) is 4.84. The number of hydrogen-bond donors (Lipinski definition) is 1. The van der Waals surface area contributed by atoms with Crippen LogP contribution < -0.4 is 4.90 Å². The van der Waals surface area contributed by atoms with Crippen molar-refractivity contribution in [3.63, 3.8) is 0 Å². The summed E-state index contributed by atoms with van der Waals surface area (Å²) in [7, 11) is 1.90. The molecule has 0 aliphatic heterocycles. The Morgan fingerprint density at radius 3 is 2.86 bits per heavy atom. The van der Waals surface area contributed by atoms with Gasteiger partial charge in [0.05, 0.1) is 6.10 Å². The highest BCUT2D eigenvalue weighted by Crippen LogP contribution is 2.12. The number of rotatable bonds is 4. The second-order valence-electron chi connectivity index (χ2n) is 3.26. The lowest BCUT2D eigenvalue weighted by Crippen LogP contribution is -2.22. The molecule has 1 unspecified atom stereocenters. The maximum atomic E-state index is 9.12. The van der Waals surface area contributed by atoms with Gasteiger partial charge in [0, 0.05) is 19.7 Å². The van der Waals surface area contributed by atoms with Crippen molar-refractivity contribution in [2.75, 3.05) is 18.5 Å². The van der Waals surface area contributed by atoms with Gasteiger partial charge in [0.25, 0.3) is 0 Å².